The number of benzene rings is 2. The van der Waals surface area contributed by atoms with Crippen molar-refractivity contribution in [3.8, 4) is 23.0 Å². The van der Waals surface area contributed by atoms with Crippen LogP contribution in [-0.2, 0) is 0 Å². The van der Waals surface area contributed by atoms with Crippen molar-refractivity contribution in [2.24, 2.45) is 0 Å². The van der Waals surface area contributed by atoms with Crippen molar-refractivity contribution < 1.29 is 23.7 Å². The van der Waals surface area contributed by atoms with Crippen LogP contribution in [0, 0.1) is 0 Å². The number of allylic oxidation sites excluding steroid dienone is 1. The number of methoxy groups -OCH3 is 3. The number of nitrogen functional groups attached to an aromatic ring is 1. The monoisotopic (exact) mass is 391 g/mol. The largest absolute Gasteiger partial charge is 0.497 e. The molecule has 2 aromatic carbocycles. The van der Waals surface area contributed by atoms with E-state index in [1.165, 1.54) is 33.5 Å². The summed E-state index contributed by atoms with van der Waals surface area (Å²) in [5, 5.41) is -0.00725. The maximum atomic E-state index is 12.7. The summed E-state index contributed by atoms with van der Waals surface area (Å²) in [7, 11) is 4.55. The molecular weight excluding hydrogens is 370 g/mol. The number of carbonyl (C=O) groups is 1. The van der Waals surface area contributed by atoms with E-state index in [2.05, 4.69) is 0 Å². The Morgan fingerprint density at radius 2 is 1.81 bits per heavy atom. The normalized spacial score (nSPS) is 11.1. The van der Waals surface area contributed by atoms with Crippen LogP contribution in [0.25, 0.3) is 6.08 Å². The molecule has 27 heavy (non-hydrogen) atoms. The Bertz CT molecular complexity index is 864. The first-order valence-corrected chi connectivity index (χ1v) is 8.57. The summed E-state index contributed by atoms with van der Waals surface area (Å²) < 4.78 is 21.3. The van der Waals surface area contributed by atoms with Crippen molar-refractivity contribution in [1.29, 1.82) is 0 Å². The van der Waals surface area contributed by atoms with Crippen LogP contribution in [0.3, 0.4) is 0 Å². The van der Waals surface area contributed by atoms with Crippen molar-refractivity contribution in [2.45, 2.75) is 6.92 Å². The van der Waals surface area contributed by atoms with Crippen LogP contribution in [0.4, 0.5) is 5.69 Å². The van der Waals surface area contributed by atoms with E-state index < -0.39 is 0 Å². The van der Waals surface area contributed by atoms with E-state index in [9.17, 15) is 4.79 Å². The number of Topliss-reactive ketones (excluding diaryl/α,β-unsaturated/α-hetero) is 1. The highest BCUT2D eigenvalue weighted by atomic mass is 35.5. The molecule has 0 unspecified atom stereocenters. The lowest BCUT2D eigenvalue weighted by Gasteiger charge is -2.13. The van der Waals surface area contributed by atoms with E-state index in [0.29, 0.717) is 46.4 Å². The first-order valence-electron chi connectivity index (χ1n) is 8.19. The van der Waals surface area contributed by atoms with Gasteiger partial charge in [-0.15, -0.1) is 0 Å². The minimum absolute atomic E-state index is 0.00725. The Kier molecular flexibility index (Phi) is 6.96. The van der Waals surface area contributed by atoms with Gasteiger partial charge in [0, 0.05) is 17.2 Å². The summed E-state index contributed by atoms with van der Waals surface area (Å²) in [4.78, 5) is 12.7. The number of ketones is 1. The fourth-order valence-electron chi connectivity index (χ4n) is 2.51. The summed E-state index contributed by atoms with van der Waals surface area (Å²) >= 11 is 6.28. The lowest BCUT2D eigenvalue weighted by atomic mass is 10.1. The number of hydrogen-bond donors (Lipinski definition) is 1. The second-order valence-corrected chi connectivity index (χ2v) is 5.87. The second-order valence-electron chi connectivity index (χ2n) is 5.46. The average molecular weight is 392 g/mol. The zero-order valence-corrected chi connectivity index (χ0v) is 16.4. The van der Waals surface area contributed by atoms with Gasteiger partial charge in [-0.1, -0.05) is 11.6 Å². The Labute approximate surface area is 163 Å². The van der Waals surface area contributed by atoms with E-state index in [4.69, 9.17) is 36.3 Å². The number of hydrogen-bond acceptors (Lipinski definition) is 6. The molecule has 0 heterocycles. The van der Waals surface area contributed by atoms with Crippen molar-refractivity contribution in [1.82, 2.24) is 0 Å². The Balaban J connectivity index is 2.42. The SMILES string of the molecule is CCOc1ccc(C(=O)C(Cl)=Cc2cc(OC)cc(OC)c2OC)cc1N. The fraction of sp³-hybridized carbons (Fsp3) is 0.250. The summed E-state index contributed by atoms with van der Waals surface area (Å²) in [5.74, 6) is 1.59. The maximum absolute atomic E-state index is 12.7. The molecule has 0 aliphatic heterocycles. The smallest absolute Gasteiger partial charge is 0.204 e. The molecular formula is C20H22ClNO5. The Morgan fingerprint density at radius 1 is 1.07 bits per heavy atom. The van der Waals surface area contributed by atoms with Crippen LogP contribution in [0.15, 0.2) is 35.4 Å². The van der Waals surface area contributed by atoms with Crippen LogP contribution in [0.1, 0.15) is 22.8 Å². The molecule has 0 atom stereocenters. The van der Waals surface area contributed by atoms with Gasteiger partial charge in [-0.05, 0) is 37.3 Å². The first-order chi connectivity index (χ1) is 12.9. The molecule has 0 saturated carbocycles. The number of anilines is 1. The fourth-order valence-corrected chi connectivity index (χ4v) is 2.74. The number of rotatable bonds is 8. The third kappa shape index (κ3) is 4.65. The highest BCUT2D eigenvalue weighted by molar-refractivity contribution is 6.47. The average Bonchev–Trinajstić information content (AvgIpc) is 2.68. The minimum atomic E-state index is -0.379. The van der Waals surface area contributed by atoms with Crippen molar-refractivity contribution in [3.63, 3.8) is 0 Å². The summed E-state index contributed by atoms with van der Waals surface area (Å²) in [5.41, 5.74) is 7.19. The number of halogens is 1. The predicted octanol–water partition coefficient (Wildman–Crippen LogP) is 4.16. The van der Waals surface area contributed by atoms with Crippen molar-refractivity contribution >= 4 is 29.1 Å². The third-order valence-corrected chi connectivity index (χ3v) is 4.07. The molecule has 7 heteroatoms. The summed E-state index contributed by atoms with van der Waals surface area (Å²) in [6.45, 7) is 2.34. The van der Waals surface area contributed by atoms with Crippen molar-refractivity contribution in [3.05, 3.63) is 46.5 Å². The zero-order valence-electron chi connectivity index (χ0n) is 15.7. The Morgan fingerprint density at radius 3 is 2.37 bits per heavy atom. The molecule has 0 aliphatic carbocycles. The van der Waals surface area contributed by atoms with Gasteiger partial charge in [-0.3, -0.25) is 4.79 Å². The molecule has 2 N–H and O–H groups in total. The second kappa shape index (κ2) is 9.19. The molecule has 0 fully saturated rings. The van der Waals surface area contributed by atoms with Gasteiger partial charge in [0.2, 0.25) is 5.78 Å². The summed E-state index contributed by atoms with van der Waals surface area (Å²) in [6, 6.07) is 8.17. The van der Waals surface area contributed by atoms with E-state index in [1.54, 1.807) is 24.3 Å². The van der Waals surface area contributed by atoms with Gasteiger partial charge in [0.25, 0.3) is 0 Å². The van der Waals surface area contributed by atoms with Gasteiger partial charge in [0.15, 0.2) is 11.5 Å². The van der Waals surface area contributed by atoms with E-state index >= 15 is 0 Å². The minimum Gasteiger partial charge on any atom is -0.497 e. The molecule has 0 saturated heterocycles. The van der Waals surface area contributed by atoms with Gasteiger partial charge in [-0.2, -0.15) is 0 Å². The molecule has 6 nitrogen and oxygen atoms in total. The van der Waals surface area contributed by atoms with Gasteiger partial charge in [-0.25, -0.2) is 0 Å². The molecule has 144 valence electrons. The van der Waals surface area contributed by atoms with Crippen LogP contribution >= 0.6 is 11.6 Å². The lowest BCUT2D eigenvalue weighted by molar-refractivity contribution is 0.104. The third-order valence-electron chi connectivity index (χ3n) is 3.79. The maximum Gasteiger partial charge on any atom is 0.204 e. The predicted molar refractivity (Wildman–Crippen MR) is 106 cm³/mol. The molecule has 0 amide bonds. The van der Waals surface area contributed by atoms with Gasteiger partial charge in [0.05, 0.1) is 38.7 Å². The van der Waals surface area contributed by atoms with Crippen LogP contribution in [0.5, 0.6) is 23.0 Å². The number of carbonyl (C=O) groups excluding carboxylic acids is 1. The zero-order chi connectivity index (χ0) is 20.0. The molecule has 0 aliphatic rings. The van der Waals surface area contributed by atoms with Gasteiger partial charge in [0.1, 0.15) is 11.5 Å². The Hall–Kier alpha value is -2.86. The van der Waals surface area contributed by atoms with E-state index in [1.807, 2.05) is 6.92 Å². The van der Waals surface area contributed by atoms with Crippen LogP contribution in [-0.4, -0.2) is 33.7 Å². The molecule has 0 bridgehead atoms. The molecule has 0 radical (unpaired) electrons. The quantitative estimate of drug-likeness (QED) is 0.413. The van der Waals surface area contributed by atoms with Crippen LogP contribution in [0.2, 0.25) is 0 Å². The molecule has 2 rings (SSSR count). The van der Waals surface area contributed by atoms with Crippen molar-refractivity contribution in [2.75, 3.05) is 33.7 Å². The molecule has 0 spiro atoms. The number of ether oxygens (including phenoxy) is 4. The van der Waals surface area contributed by atoms with Gasteiger partial charge < -0.3 is 24.7 Å². The first kappa shape index (κ1) is 20.5. The molecule has 0 aromatic heterocycles. The van der Waals surface area contributed by atoms with E-state index in [-0.39, 0.29) is 10.8 Å². The summed E-state index contributed by atoms with van der Waals surface area (Å²) in [6.07, 6.45) is 1.50. The highest BCUT2D eigenvalue weighted by Gasteiger charge is 2.16. The highest BCUT2D eigenvalue weighted by Crippen LogP contribution is 2.37. The van der Waals surface area contributed by atoms with Crippen LogP contribution < -0.4 is 24.7 Å². The number of nitrogens with two attached hydrogens (primary N) is 1. The van der Waals surface area contributed by atoms with E-state index in [0.717, 1.165) is 0 Å². The molecule has 2 aromatic rings. The van der Waals surface area contributed by atoms with Gasteiger partial charge >= 0.3 is 0 Å². The lowest BCUT2D eigenvalue weighted by Crippen LogP contribution is -2.03. The topological polar surface area (TPSA) is 80.0 Å². The standard InChI is InChI=1S/C20H22ClNO5/c1-5-27-17-7-6-12(10-16(17)22)19(23)15(21)9-13-8-14(24-2)11-18(25-3)20(13)26-4/h6-11H,5,22H2,1-4H3.